The molecule has 0 aliphatic carbocycles. The lowest BCUT2D eigenvalue weighted by molar-refractivity contribution is 0.245. The van der Waals surface area contributed by atoms with Crippen molar-refractivity contribution in [3.8, 4) is 11.3 Å². The lowest BCUT2D eigenvalue weighted by atomic mass is 10.0. The van der Waals surface area contributed by atoms with E-state index < -0.39 is 0 Å². The maximum atomic E-state index is 6.38. The van der Waals surface area contributed by atoms with E-state index in [-0.39, 0.29) is 0 Å². The molecule has 122 valence electrons. The first-order chi connectivity index (χ1) is 11.7. The van der Waals surface area contributed by atoms with Gasteiger partial charge in [0, 0.05) is 47.9 Å². The summed E-state index contributed by atoms with van der Waals surface area (Å²) in [5.41, 5.74) is 5.64. The third-order valence-electron chi connectivity index (χ3n) is 4.45. The predicted molar refractivity (Wildman–Crippen MR) is 98.3 cm³/mol. The van der Waals surface area contributed by atoms with Gasteiger partial charge in [-0.3, -0.25) is 10.00 Å². The summed E-state index contributed by atoms with van der Waals surface area (Å²) in [5, 5.41) is 8.98. The van der Waals surface area contributed by atoms with Crippen molar-refractivity contribution in [2.75, 3.05) is 6.54 Å². The van der Waals surface area contributed by atoms with Crippen molar-refractivity contribution in [3.63, 3.8) is 0 Å². The molecule has 1 aliphatic heterocycles. The van der Waals surface area contributed by atoms with Gasteiger partial charge in [0.2, 0.25) is 0 Å². The average Bonchev–Trinajstić information content (AvgIpc) is 2.99. The molecule has 0 atom stereocenters. The van der Waals surface area contributed by atoms with Crippen LogP contribution in [0.25, 0.3) is 11.3 Å². The summed E-state index contributed by atoms with van der Waals surface area (Å²) in [5.74, 6) is 0. The molecular formula is C19H17Cl2N3. The lowest BCUT2D eigenvalue weighted by Crippen LogP contribution is -2.29. The van der Waals surface area contributed by atoms with E-state index in [1.807, 2.05) is 12.1 Å². The second-order valence-corrected chi connectivity index (χ2v) is 6.94. The Bertz CT molecular complexity index is 858. The molecular weight excluding hydrogens is 341 g/mol. The minimum Gasteiger partial charge on any atom is -0.294 e. The molecule has 3 nitrogen and oxygen atoms in total. The van der Waals surface area contributed by atoms with E-state index in [0.29, 0.717) is 10.0 Å². The molecule has 1 aliphatic rings. The van der Waals surface area contributed by atoms with Gasteiger partial charge in [-0.1, -0.05) is 53.5 Å². The number of aromatic nitrogens is 2. The SMILES string of the molecule is Clc1ccc(-c2n[nH]c3c2CN(Cc2ccccc2)CC3)c(Cl)c1. The van der Waals surface area contributed by atoms with Crippen molar-refractivity contribution in [2.45, 2.75) is 19.5 Å². The van der Waals surface area contributed by atoms with Crippen LogP contribution in [0.4, 0.5) is 0 Å². The Morgan fingerprint density at radius 1 is 1.08 bits per heavy atom. The highest BCUT2D eigenvalue weighted by Crippen LogP contribution is 2.34. The van der Waals surface area contributed by atoms with Gasteiger partial charge in [-0.15, -0.1) is 0 Å². The van der Waals surface area contributed by atoms with Gasteiger partial charge in [0.15, 0.2) is 0 Å². The number of hydrogen-bond donors (Lipinski definition) is 1. The van der Waals surface area contributed by atoms with Crippen LogP contribution in [0, 0.1) is 0 Å². The summed E-state index contributed by atoms with van der Waals surface area (Å²) in [7, 11) is 0. The van der Waals surface area contributed by atoms with Gasteiger partial charge in [0.1, 0.15) is 0 Å². The molecule has 0 spiro atoms. The molecule has 3 aromatic rings. The largest absolute Gasteiger partial charge is 0.294 e. The molecule has 1 aromatic heterocycles. The van der Waals surface area contributed by atoms with E-state index in [1.165, 1.54) is 16.8 Å². The maximum Gasteiger partial charge on any atom is 0.0983 e. The Kier molecular flexibility index (Phi) is 4.31. The Morgan fingerprint density at radius 3 is 2.71 bits per heavy atom. The minimum atomic E-state index is 0.636. The number of H-pyrrole nitrogens is 1. The second kappa shape index (κ2) is 6.60. The summed E-state index contributed by atoms with van der Waals surface area (Å²) >= 11 is 12.4. The summed E-state index contributed by atoms with van der Waals surface area (Å²) in [4.78, 5) is 2.44. The number of fused-ring (bicyclic) bond motifs is 1. The monoisotopic (exact) mass is 357 g/mol. The normalized spacial score (nSPS) is 14.6. The quantitative estimate of drug-likeness (QED) is 0.719. The van der Waals surface area contributed by atoms with E-state index in [0.717, 1.165) is 37.3 Å². The van der Waals surface area contributed by atoms with Crippen LogP contribution in [0.3, 0.4) is 0 Å². The lowest BCUT2D eigenvalue weighted by Gasteiger charge is -2.27. The molecule has 2 heterocycles. The average molecular weight is 358 g/mol. The number of rotatable bonds is 3. The van der Waals surface area contributed by atoms with Gasteiger partial charge in [0.25, 0.3) is 0 Å². The first-order valence-corrected chi connectivity index (χ1v) is 8.74. The first kappa shape index (κ1) is 15.7. The zero-order valence-corrected chi connectivity index (χ0v) is 14.6. The maximum absolute atomic E-state index is 6.38. The molecule has 0 saturated heterocycles. The minimum absolute atomic E-state index is 0.636. The van der Waals surface area contributed by atoms with Crippen LogP contribution in [-0.4, -0.2) is 21.6 Å². The van der Waals surface area contributed by atoms with Gasteiger partial charge < -0.3 is 0 Å². The van der Waals surface area contributed by atoms with Crippen LogP contribution in [0.1, 0.15) is 16.8 Å². The fraction of sp³-hybridized carbons (Fsp3) is 0.211. The van der Waals surface area contributed by atoms with Crippen LogP contribution in [0.5, 0.6) is 0 Å². The van der Waals surface area contributed by atoms with Gasteiger partial charge in [-0.05, 0) is 23.8 Å². The van der Waals surface area contributed by atoms with Gasteiger partial charge in [-0.2, -0.15) is 5.10 Å². The number of hydrogen-bond acceptors (Lipinski definition) is 2. The number of nitrogens with one attached hydrogen (secondary N) is 1. The van der Waals surface area contributed by atoms with Crippen molar-refractivity contribution < 1.29 is 0 Å². The summed E-state index contributed by atoms with van der Waals surface area (Å²) in [6, 6.07) is 16.1. The van der Waals surface area contributed by atoms with Crippen molar-refractivity contribution >= 4 is 23.2 Å². The molecule has 0 amide bonds. The molecule has 4 rings (SSSR count). The molecule has 0 fully saturated rings. The third kappa shape index (κ3) is 3.07. The van der Waals surface area contributed by atoms with E-state index in [2.05, 4.69) is 45.4 Å². The van der Waals surface area contributed by atoms with E-state index in [1.54, 1.807) is 6.07 Å². The standard InChI is InChI=1S/C19H17Cl2N3/c20-14-6-7-15(17(21)10-14)19-16-12-24(9-8-18(16)22-23-19)11-13-4-2-1-3-5-13/h1-7,10H,8-9,11-12H2,(H,22,23). The number of benzene rings is 2. The van der Waals surface area contributed by atoms with Gasteiger partial charge in [-0.25, -0.2) is 0 Å². The van der Waals surface area contributed by atoms with E-state index >= 15 is 0 Å². The van der Waals surface area contributed by atoms with Crippen LogP contribution >= 0.6 is 23.2 Å². The topological polar surface area (TPSA) is 31.9 Å². The van der Waals surface area contributed by atoms with Gasteiger partial charge in [0.05, 0.1) is 10.7 Å². The Balaban J connectivity index is 1.62. The molecule has 24 heavy (non-hydrogen) atoms. The molecule has 2 aromatic carbocycles. The Hall–Kier alpha value is -1.81. The fourth-order valence-corrected chi connectivity index (χ4v) is 3.73. The van der Waals surface area contributed by atoms with Crippen LogP contribution in [0.2, 0.25) is 10.0 Å². The van der Waals surface area contributed by atoms with E-state index in [9.17, 15) is 0 Å². The molecule has 0 bridgehead atoms. The highest BCUT2D eigenvalue weighted by atomic mass is 35.5. The molecule has 0 radical (unpaired) electrons. The van der Waals surface area contributed by atoms with Crippen LogP contribution in [0.15, 0.2) is 48.5 Å². The van der Waals surface area contributed by atoms with E-state index in [4.69, 9.17) is 23.2 Å². The fourth-order valence-electron chi connectivity index (χ4n) is 3.23. The Labute approximate surface area is 151 Å². The third-order valence-corrected chi connectivity index (χ3v) is 5.00. The predicted octanol–water partition coefficient (Wildman–Crippen LogP) is 4.94. The number of halogens is 2. The summed E-state index contributed by atoms with van der Waals surface area (Å²) in [6.45, 7) is 2.84. The molecule has 1 N–H and O–H groups in total. The highest BCUT2D eigenvalue weighted by Gasteiger charge is 2.23. The first-order valence-electron chi connectivity index (χ1n) is 7.98. The van der Waals surface area contributed by atoms with Crippen molar-refractivity contribution in [2.24, 2.45) is 0 Å². The molecule has 0 unspecified atom stereocenters. The van der Waals surface area contributed by atoms with Crippen molar-refractivity contribution in [3.05, 3.63) is 75.4 Å². The highest BCUT2D eigenvalue weighted by molar-refractivity contribution is 6.36. The van der Waals surface area contributed by atoms with Crippen molar-refractivity contribution in [1.82, 2.24) is 15.1 Å². The number of aromatic amines is 1. The van der Waals surface area contributed by atoms with Crippen molar-refractivity contribution in [1.29, 1.82) is 0 Å². The summed E-state index contributed by atoms with van der Waals surface area (Å²) in [6.07, 6.45) is 0.973. The zero-order valence-electron chi connectivity index (χ0n) is 13.1. The zero-order chi connectivity index (χ0) is 16.5. The Morgan fingerprint density at radius 2 is 1.92 bits per heavy atom. The molecule has 0 saturated carbocycles. The smallest absolute Gasteiger partial charge is 0.0983 e. The molecule has 5 heteroatoms. The second-order valence-electron chi connectivity index (χ2n) is 6.10. The number of nitrogens with zero attached hydrogens (tertiary/aromatic N) is 2. The van der Waals surface area contributed by atoms with Gasteiger partial charge >= 0.3 is 0 Å². The summed E-state index contributed by atoms with van der Waals surface area (Å²) < 4.78 is 0. The van der Waals surface area contributed by atoms with Crippen LogP contribution in [-0.2, 0) is 19.5 Å². The van der Waals surface area contributed by atoms with Crippen LogP contribution < -0.4 is 0 Å².